The monoisotopic (exact) mass is 500 g/mol. The summed E-state index contributed by atoms with van der Waals surface area (Å²) in [6.45, 7) is 8.26. The molecule has 1 saturated heterocycles. The van der Waals surface area contributed by atoms with Crippen LogP contribution in [0.15, 0.2) is 12.4 Å². The number of nitrogens with two attached hydrogens (primary N) is 2. The molecule has 5 N–H and O–H groups in total. The van der Waals surface area contributed by atoms with Crippen molar-refractivity contribution in [2.24, 2.45) is 5.73 Å². The molecule has 3 rings (SSSR count). The maximum atomic E-state index is 12.5. The van der Waals surface area contributed by atoms with E-state index in [4.69, 9.17) is 21.3 Å². The number of rotatable bonds is 8. The third-order valence-electron chi connectivity index (χ3n) is 5.50. The molecule has 1 fully saturated rings. The molecule has 13 heteroatoms. The van der Waals surface area contributed by atoms with E-state index in [-0.39, 0.29) is 42.0 Å². The van der Waals surface area contributed by atoms with E-state index in [0.29, 0.717) is 43.3 Å². The van der Waals surface area contributed by atoms with Crippen LogP contribution in [0.4, 0.5) is 17.7 Å². The van der Waals surface area contributed by atoms with Gasteiger partial charge in [-0.1, -0.05) is 0 Å². The summed E-state index contributed by atoms with van der Waals surface area (Å²) in [5.41, 5.74) is 12.0. The lowest BCUT2D eigenvalue weighted by atomic mass is 10.1. The summed E-state index contributed by atoms with van der Waals surface area (Å²) < 4.78 is 5.41. The fraction of sp³-hybridized carbons (Fsp3) is 0.522. The lowest BCUT2D eigenvalue weighted by Crippen LogP contribution is -2.57. The van der Waals surface area contributed by atoms with Gasteiger partial charge >= 0.3 is 11.9 Å². The average Bonchev–Trinajstić information content (AvgIpc) is 2.78. The second-order valence-electron chi connectivity index (χ2n) is 9.48. The predicted octanol–water partition coefficient (Wildman–Crippen LogP) is 0.217. The number of piperazine rings is 1. The van der Waals surface area contributed by atoms with Crippen LogP contribution in [0, 0.1) is 0 Å². The second kappa shape index (κ2) is 10.8. The quantitative estimate of drug-likeness (QED) is 0.417. The van der Waals surface area contributed by atoms with E-state index >= 15 is 0 Å². The summed E-state index contributed by atoms with van der Waals surface area (Å²) in [5, 5.41) is 9.16. The Labute approximate surface area is 208 Å². The van der Waals surface area contributed by atoms with Crippen molar-refractivity contribution in [3.05, 3.63) is 29.2 Å². The summed E-state index contributed by atoms with van der Waals surface area (Å²) in [7, 11) is 0. The number of carboxylic acid groups (broad SMARTS) is 1. The molecular weight excluding hydrogens is 468 g/mol. The number of anilines is 3. The molecule has 1 aliphatic heterocycles. The molecule has 0 aromatic carbocycles. The number of ketones is 1. The summed E-state index contributed by atoms with van der Waals surface area (Å²) in [6, 6.07) is -0.628. The van der Waals surface area contributed by atoms with Gasteiger partial charge < -0.3 is 31.1 Å². The van der Waals surface area contributed by atoms with Crippen molar-refractivity contribution in [2.45, 2.75) is 52.2 Å². The Morgan fingerprint density at radius 1 is 1.14 bits per heavy atom. The van der Waals surface area contributed by atoms with Crippen LogP contribution >= 0.6 is 0 Å². The molecule has 0 bridgehead atoms. The number of aromatic carboxylic acids is 1. The maximum Gasteiger partial charge on any atom is 0.341 e. The van der Waals surface area contributed by atoms with E-state index in [9.17, 15) is 14.4 Å². The molecule has 3 heterocycles. The van der Waals surface area contributed by atoms with Gasteiger partial charge in [0.15, 0.2) is 5.78 Å². The molecule has 0 amide bonds. The SMILES string of the molecule is CC(=O)[C@@H]1CN(c2ncc(CC(=O)OC(C)(C)C)c(CCN)n2)CCN1c1ncc(C(=O)O)c(N)n1. The zero-order chi connectivity index (χ0) is 26.6. The Morgan fingerprint density at radius 3 is 2.42 bits per heavy atom. The minimum atomic E-state index is -1.23. The molecule has 0 aliphatic carbocycles. The third-order valence-corrected chi connectivity index (χ3v) is 5.50. The van der Waals surface area contributed by atoms with Crippen LogP contribution < -0.4 is 21.3 Å². The summed E-state index contributed by atoms with van der Waals surface area (Å²) >= 11 is 0. The number of carbonyl (C=O) groups is 3. The number of hydrogen-bond donors (Lipinski definition) is 3. The lowest BCUT2D eigenvalue weighted by molar-refractivity contribution is -0.153. The molecule has 2 aromatic heterocycles. The van der Waals surface area contributed by atoms with Crippen molar-refractivity contribution in [1.82, 2.24) is 19.9 Å². The van der Waals surface area contributed by atoms with Gasteiger partial charge in [-0.05, 0) is 34.2 Å². The number of nitrogen functional groups attached to an aromatic ring is 1. The molecule has 1 atom stereocenters. The maximum absolute atomic E-state index is 12.5. The molecule has 194 valence electrons. The molecule has 0 unspecified atom stereocenters. The number of nitrogens with zero attached hydrogens (tertiary/aromatic N) is 6. The highest BCUT2D eigenvalue weighted by atomic mass is 16.6. The van der Waals surface area contributed by atoms with Crippen molar-refractivity contribution >= 4 is 35.4 Å². The number of aromatic nitrogens is 4. The first kappa shape index (κ1) is 26.7. The highest BCUT2D eigenvalue weighted by molar-refractivity contribution is 5.92. The van der Waals surface area contributed by atoms with Crippen molar-refractivity contribution in [3.8, 4) is 0 Å². The van der Waals surface area contributed by atoms with Crippen LogP contribution in [-0.2, 0) is 27.2 Å². The minimum Gasteiger partial charge on any atom is -0.477 e. The summed E-state index contributed by atoms with van der Waals surface area (Å²) in [6.07, 6.45) is 3.21. The highest BCUT2D eigenvalue weighted by Gasteiger charge is 2.34. The van der Waals surface area contributed by atoms with E-state index < -0.39 is 17.6 Å². The van der Waals surface area contributed by atoms with Crippen molar-refractivity contribution in [1.29, 1.82) is 0 Å². The Balaban J connectivity index is 1.82. The Kier molecular flexibility index (Phi) is 8.03. The van der Waals surface area contributed by atoms with Gasteiger partial charge in [-0.3, -0.25) is 9.59 Å². The first-order chi connectivity index (χ1) is 16.9. The Hall–Kier alpha value is -3.87. The van der Waals surface area contributed by atoms with Gasteiger partial charge in [0.1, 0.15) is 23.0 Å². The topological polar surface area (TPSA) is 191 Å². The van der Waals surface area contributed by atoms with Gasteiger partial charge in [-0.15, -0.1) is 0 Å². The number of Topliss-reactive ketones (excluding diaryl/α,β-unsaturated/α-hetero) is 1. The van der Waals surface area contributed by atoms with Crippen LogP contribution in [0.25, 0.3) is 0 Å². The summed E-state index contributed by atoms with van der Waals surface area (Å²) in [4.78, 5) is 56.9. The average molecular weight is 501 g/mol. The van der Waals surface area contributed by atoms with Crippen LogP contribution in [0.2, 0.25) is 0 Å². The Morgan fingerprint density at radius 2 is 1.83 bits per heavy atom. The fourth-order valence-electron chi connectivity index (χ4n) is 3.86. The van der Waals surface area contributed by atoms with Gasteiger partial charge in [0.25, 0.3) is 0 Å². The molecule has 0 spiro atoms. The van der Waals surface area contributed by atoms with E-state index in [1.807, 2.05) is 4.90 Å². The smallest absolute Gasteiger partial charge is 0.341 e. The van der Waals surface area contributed by atoms with Gasteiger partial charge in [0.05, 0.1) is 12.1 Å². The van der Waals surface area contributed by atoms with E-state index in [1.54, 1.807) is 31.9 Å². The zero-order valence-electron chi connectivity index (χ0n) is 20.9. The first-order valence-corrected chi connectivity index (χ1v) is 11.5. The first-order valence-electron chi connectivity index (χ1n) is 11.5. The van der Waals surface area contributed by atoms with Gasteiger partial charge in [0.2, 0.25) is 11.9 Å². The molecule has 1 aliphatic rings. The van der Waals surface area contributed by atoms with Crippen LogP contribution in [0.5, 0.6) is 0 Å². The number of carboxylic acids is 1. The molecule has 0 saturated carbocycles. The van der Waals surface area contributed by atoms with Crippen molar-refractivity contribution in [3.63, 3.8) is 0 Å². The number of ether oxygens (including phenoxy) is 1. The number of esters is 1. The molecule has 36 heavy (non-hydrogen) atoms. The van der Waals surface area contributed by atoms with Crippen molar-refractivity contribution in [2.75, 3.05) is 41.7 Å². The highest BCUT2D eigenvalue weighted by Crippen LogP contribution is 2.23. The zero-order valence-corrected chi connectivity index (χ0v) is 20.9. The van der Waals surface area contributed by atoms with Gasteiger partial charge in [-0.25, -0.2) is 19.7 Å². The van der Waals surface area contributed by atoms with Crippen LogP contribution in [0.3, 0.4) is 0 Å². The molecule has 13 nitrogen and oxygen atoms in total. The minimum absolute atomic E-state index is 0.0296. The predicted molar refractivity (Wildman–Crippen MR) is 132 cm³/mol. The standard InChI is InChI=1S/C23H32N8O5/c1-13(32)17-12-30(7-8-31(17)22-27-11-15(20(34)35)19(25)29-22)21-26-10-14(16(28-21)5-6-24)9-18(33)36-23(2,3)4/h10-11,17H,5-9,12,24H2,1-4H3,(H,34,35)(H2,25,27,29)/t17-/m0/s1. The fourth-order valence-corrected chi connectivity index (χ4v) is 3.86. The van der Waals surface area contributed by atoms with E-state index in [0.717, 1.165) is 6.20 Å². The number of carbonyl (C=O) groups excluding carboxylic acids is 2. The second-order valence-corrected chi connectivity index (χ2v) is 9.48. The Bertz CT molecular complexity index is 1150. The lowest BCUT2D eigenvalue weighted by Gasteiger charge is -2.40. The molecule has 2 aromatic rings. The summed E-state index contributed by atoms with van der Waals surface area (Å²) in [5.74, 6) is -1.32. The van der Waals surface area contributed by atoms with E-state index in [2.05, 4.69) is 19.9 Å². The van der Waals surface area contributed by atoms with Crippen LogP contribution in [0.1, 0.15) is 49.3 Å². The number of hydrogen-bond acceptors (Lipinski definition) is 12. The largest absolute Gasteiger partial charge is 0.477 e. The van der Waals surface area contributed by atoms with E-state index in [1.165, 1.54) is 6.92 Å². The molecular formula is C23H32N8O5. The van der Waals surface area contributed by atoms with Crippen LogP contribution in [-0.4, -0.2) is 80.6 Å². The van der Waals surface area contributed by atoms with Gasteiger partial charge in [-0.2, -0.15) is 4.98 Å². The normalized spacial score (nSPS) is 16.1. The van der Waals surface area contributed by atoms with Gasteiger partial charge in [0, 0.05) is 44.0 Å². The third kappa shape index (κ3) is 6.42. The molecule has 0 radical (unpaired) electrons. The van der Waals surface area contributed by atoms with Crippen molar-refractivity contribution < 1.29 is 24.2 Å².